The van der Waals surface area contributed by atoms with Crippen LogP contribution in [-0.2, 0) is 0 Å². The summed E-state index contributed by atoms with van der Waals surface area (Å²) in [5, 5.41) is 10.6. The van der Waals surface area contributed by atoms with E-state index in [0.29, 0.717) is 23.8 Å². The highest BCUT2D eigenvalue weighted by Gasteiger charge is 2.37. The van der Waals surface area contributed by atoms with Crippen molar-refractivity contribution in [1.29, 1.82) is 5.41 Å². The predicted octanol–water partition coefficient (Wildman–Crippen LogP) is 2.65. The minimum Gasteiger partial charge on any atom is -0.340 e. The number of amides is 1. The SMILES string of the molecule is N=Cc1cc(C(=O)N2CCCC(F)(F)C2)cnc1Nc1cc(F)cc(C2=NCNN2)c1. The number of aromatic nitrogens is 1. The summed E-state index contributed by atoms with van der Waals surface area (Å²) >= 11 is 0. The average molecular weight is 431 g/mol. The summed E-state index contributed by atoms with van der Waals surface area (Å²) in [6.07, 6.45) is 2.24. The Hall–Kier alpha value is -3.47. The lowest BCUT2D eigenvalue weighted by Gasteiger charge is -2.32. The molecule has 0 spiro atoms. The molecular weight excluding hydrogens is 411 g/mol. The Labute approximate surface area is 176 Å². The van der Waals surface area contributed by atoms with Crippen molar-refractivity contribution in [2.45, 2.75) is 18.8 Å². The molecule has 11 heteroatoms. The van der Waals surface area contributed by atoms with Gasteiger partial charge in [-0.25, -0.2) is 28.6 Å². The average Bonchev–Trinajstić information content (AvgIpc) is 3.27. The molecule has 1 saturated heterocycles. The number of rotatable bonds is 5. The Bertz CT molecular complexity index is 1060. The molecule has 162 valence electrons. The number of pyridine rings is 1. The first kappa shape index (κ1) is 20.8. The summed E-state index contributed by atoms with van der Waals surface area (Å²) in [5.74, 6) is -3.25. The fourth-order valence-corrected chi connectivity index (χ4v) is 3.52. The zero-order valence-electron chi connectivity index (χ0n) is 16.4. The number of nitrogens with one attached hydrogen (secondary N) is 4. The topological polar surface area (TPSA) is 106 Å². The molecule has 8 nitrogen and oxygen atoms in total. The van der Waals surface area contributed by atoms with E-state index >= 15 is 0 Å². The van der Waals surface area contributed by atoms with Crippen LogP contribution in [0.5, 0.6) is 0 Å². The molecule has 2 aromatic rings. The first-order chi connectivity index (χ1) is 14.8. The van der Waals surface area contributed by atoms with Crippen LogP contribution in [-0.4, -0.2) is 53.5 Å². The molecule has 0 unspecified atom stereocenters. The molecule has 1 amide bonds. The molecule has 3 heterocycles. The van der Waals surface area contributed by atoms with Crippen molar-refractivity contribution in [2.75, 3.05) is 25.1 Å². The molecule has 0 saturated carbocycles. The van der Waals surface area contributed by atoms with Gasteiger partial charge in [-0.2, -0.15) is 0 Å². The second-order valence-electron chi connectivity index (χ2n) is 7.31. The number of hydrogen-bond acceptors (Lipinski definition) is 7. The minimum absolute atomic E-state index is 0.109. The molecule has 0 aliphatic carbocycles. The van der Waals surface area contributed by atoms with Crippen LogP contribution in [0.2, 0.25) is 0 Å². The van der Waals surface area contributed by atoms with E-state index in [1.165, 1.54) is 24.4 Å². The van der Waals surface area contributed by atoms with Crippen molar-refractivity contribution in [3.63, 3.8) is 0 Å². The number of amidine groups is 1. The number of alkyl halides is 2. The number of benzene rings is 1. The number of piperidine rings is 1. The zero-order valence-corrected chi connectivity index (χ0v) is 16.4. The van der Waals surface area contributed by atoms with Crippen LogP contribution >= 0.6 is 0 Å². The molecule has 2 aliphatic rings. The molecule has 0 radical (unpaired) electrons. The van der Waals surface area contributed by atoms with Crippen LogP contribution in [0, 0.1) is 11.2 Å². The molecule has 0 bridgehead atoms. The lowest BCUT2D eigenvalue weighted by molar-refractivity contribution is -0.0560. The lowest BCUT2D eigenvalue weighted by atomic mass is 10.1. The second kappa shape index (κ2) is 8.34. The van der Waals surface area contributed by atoms with Crippen molar-refractivity contribution < 1.29 is 18.0 Å². The molecule has 2 aliphatic heterocycles. The molecule has 1 aromatic carbocycles. The number of carbonyl (C=O) groups is 1. The van der Waals surface area contributed by atoms with Gasteiger partial charge in [-0.15, -0.1) is 0 Å². The van der Waals surface area contributed by atoms with Crippen molar-refractivity contribution in [1.82, 2.24) is 20.7 Å². The fraction of sp³-hybridized carbons (Fsp3) is 0.300. The Balaban J connectivity index is 1.56. The summed E-state index contributed by atoms with van der Waals surface area (Å²) < 4.78 is 41.4. The standard InChI is InChI=1S/C20H20F3N7O/c21-15-5-12(18-26-11-27-29-18)6-16(7-15)28-17-13(8-24)4-14(9-25-17)19(31)30-3-1-2-20(22,23)10-30/h4-9,24,27H,1-3,10-11H2,(H,25,28)(H,26,29). The van der Waals surface area contributed by atoms with Gasteiger partial charge < -0.3 is 21.1 Å². The normalized spacial score (nSPS) is 17.6. The third-order valence-corrected chi connectivity index (χ3v) is 4.96. The maximum Gasteiger partial charge on any atom is 0.265 e. The molecule has 0 atom stereocenters. The summed E-state index contributed by atoms with van der Waals surface area (Å²) in [6.45, 7) is -0.0235. The molecule has 1 fully saturated rings. The predicted molar refractivity (Wildman–Crippen MR) is 110 cm³/mol. The molecular formula is C20H20F3N7O. The van der Waals surface area contributed by atoms with E-state index in [-0.39, 0.29) is 36.3 Å². The van der Waals surface area contributed by atoms with Crippen LogP contribution in [0.3, 0.4) is 0 Å². The number of carbonyl (C=O) groups excluding carboxylic acids is 1. The number of nitrogens with zero attached hydrogens (tertiary/aromatic N) is 3. The van der Waals surface area contributed by atoms with Crippen molar-refractivity contribution >= 4 is 29.5 Å². The van der Waals surface area contributed by atoms with E-state index < -0.39 is 24.2 Å². The van der Waals surface area contributed by atoms with E-state index in [2.05, 4.69) is 26.1 Å². The number of hydrogen-bond donors (Lipinski definition) is 4. The van der Waals surface area contributed by atoms with Gasteiger partial charge in [0.15, 0.2) is 0 Å². The molecule has 4 N–H and O–H groups in total. The second-order valence-corrected chi connectivity index (χ2v) is 7.31. The first-order valence-electron chi connectivity index (χ1n) is 9.63. The zero-order chi connectivity index (χ0) is 22.0. The highest BCUT2D eigenvalue weighted by molar-refractivity contribution is 6.00. The number of likely N-dealkylation sites (tertiary alicyclic amines) is 1. The third-order valence-electron chi connectivity index (χ3n) is 4.96. The molecule has 1 aromatic heterocycles. The van der Waals surface area contributed by atoms with Crippen molar-refractivity contribution in [3.05, 3.63) is 53.0 Å². The van der Waals surface area contributed by atoms with Gasteiger partial charge in [-0.3, -0.25) is 4.79 Å². The molecule has 31 heavy (non-hydrogen) atoms. The van der Waals surface area contributed by atoms with E-state index in [1.807, 2.05) is 0 Å². The van der Waals surface area contributed by atoms with Crippen molar-refractivity contribution in [2.24, 2.45) is 4.99 Å². The van der Waals surface area contributed by atoms with Gasteiger partial charge in [0.25, 0.3) is 11.8 Å². The first-order valence-corrected chi connectivity index (χ1v) is 9.63. The number of aliphatic imine (C=N–C) groups is 1. The fourth-order valence-electron chi connectivity index (χ4n) is 3.52. The van der Waals surface area contributed by atoms with E-state index in [9.17, 15) is 18.0 Å². The minimum atomic E-state index is -2.91. The van der Waals surface area contributed by atoms with Crippen LogP contribution < -0.4 is 16.2 Å². The summed E-state index contributed by atoms with van der Waals surface area (Å²) in [5.41, 5.74) is 6.89. The van der Waals surface area contributed by atoms with Crippen molar-refractivity contribution in [3.8, 4) is 0 Å². The lowest BCUT2D eigenvalue weighted by Crippen LogP contribution is -2.45. The largest absolute Gasteiger partial charge is 0.340 e. The Morgan fingerprint density at radius 2 is 2.13 bits per heavy atom. The summed E-state index contributed by atoms with van der Waals surface area (Å²) in [6, 6.07) is 5.65. The summed E-state index contributed by atoms with van der Waals surface area (Å²) in [4.78, 5) is 22.1. The van der Waals surface area contributed by atoms with E-state index in [4.69, 9.17) is 5.41 Å². The monoisotopic (exact) mass is 431 g/mol. The Morgan fingerprint density at radius 3 is 2.84 bits per heavy atom. The number of anilines is 2. The maximum atomic E-state index is 14.1. The van der Waals surface area contributed by atoms with Crippen LogP contribution in [0.15, 0.2) is 35.5 Å². The van der Waals surface area contributed by atoms with Gasteiger partial charge >= 0.3 is 0 Å². The van der Waals surface area contributed by atoms with Gasteiger partial charge in [0, 0.05) is 42.2 Å². The van der Waals surface area contributed by atoms with Gasteiger partial charge in [0.2, 0.25) is 0 Å². The Morgan fingerprint density at radius 1 is 1.29 bits per heavy atom. The highest BCUT2D eigenvalue weighted by Crippen LogP contribution is 2.28. The van der Waals surface area contributed by atoms with Crippen LogP contribution in [0.25, 0.3) is 0 Å². The number of hydrazine groups is 1. The van der Waals surface area contributed by atoms with E-state index in [1.54, 1.807) is 6.07 Å². The van der Waals surface area contributed by atoms with Crippen LogP contribution in [0.4, 0.5) is 24.7 Å². The van der Waals surface area contributed by atoms with E-state index in [0.717, 1.165) is 11.1 Å². The van der Waals surface area contributed by atoms with Gasteiger partial charge in [-0.1, -0.05) is 0 Å². The Kier molecular flexibility index (Phi) is 5.59. The van der Waals surface area contributed by atoms with Gasteiger partial charge in [-0.05, 0) is 30.7 Å². The third kappa shape index (κ3) is 4.66. The van der Waals surface area contributed by atoms with Crippen LogP contribution in [0.1, 0.15) is 34.3 Å². The van der Waals surface area contributed by atoms with Gasteiger partial charge in [0.1, 0.15) is 24.1 Å². The number of halogens is 3. The summed E-state index contributed by atoms with van der Waals surface area (Å²) in [7, 11) is 0. The molecule has 4 rings (SSSR count). The smallest absolute Gasteiger partial charge is 0.265 e. The van der Waals surface area contributed by atoms with Gasteiger partial charge in [0.05, 0.1) is 12.1 Å². The maximum absolute atomic E-state index is 14.1. The quantitative estimate of drug-likeness (QED) is 0.545. The highest BCUT2D eigenvalue weighted by atomic mass is 19.3.